The van der Waals surface area contributed by atoms with Crippen molar-refractivity contribution < 1.29 is 21.9 Å². The van der Waals surface area contributed by atoms with Gasteiger partial charge in [0.2, 0.25) is 20.0 Å². The van der Waals surface area contributed by atoms with Crippen molar-refractivity contribution in [1.82, 2.24) is 4.72 Å². The molecule has 0 saturated heterocycles. The summed E-state index contributed by atoms with van der Waals surface area (Å²) in [7, 11) is -7.64. The van der Waals surface area contributed by atoms with E-state index in [2.05, 4.69) is 16.6 Å². The van der Waals surface area contributed by atoms with E-state index in [1.807, 2.05) is 0 Å². The molecule has 0 bridgehead atoms. The second kappa shape index (κ2) is 6.83. The fourth-order valence-electron chi connectivity index (χ4n) is 1.34. The average molecular weight is 318 g/mol. The molecule has 110 valence electrons. The Kier molecular flexibility index (Phi) is 5.67. The van der Waals surface area contributed by atoms with Crippen LogP contribution in [0.4, 0.5) is 0 Å². The van der Waals surface area contributed by atoms with Crippen LogP contribution in [0, 0.1) is 11.8 Å². The second-order valence-electron chi connectivity index (χ2n) is 3.72. The van der Waals surface area contributed by atoms with Gasteiger partial charge in [0.15, 0.2) is 0 Å². The SMILES string of the molecule is NS(=O)(=O)CCNS(=O)(=O)c1ccccc1C#CCO. The number of nitrogens with two attached hydrogens (primary N) is 1. The highest BCUT2D eigenvalue weighted by Crippen LogP contribution is 2.13. The largest absolute Gasteiger partial charge is 0.384 e. The summed E-state index contributed by atoms with van der Waals surface area (Å²) in [4.78, 5) is -0.0876. The van der Waals surface area contributed by atoms with Crippen LogP contribution in [-0.4, -0.2) is 40.8 Å². The molecular weight excluding hydrogens is 304 g/mol. The van der Waals surface area contributed by atoms with E-state index in [1.54, 1.807) is 6.07 Å². The molecule has 0 aliphatic carbocycles. The summed E-state index contributed by atoms with van der Waals surface area (Å²) in [5.41, 5.74) is 0.213. The summed E-state index contributed by atoms with van der Waals surface area (Å²) >= 11 is 0. The van der Waals surface area contributed by atoms with Crippen LogP contribution >= 0.6 is 0 Å². The van der Waals surface area contributed by atoms with Gasteiger partial charge in [-0.15, -0.1) is 0 Å². The zero-order valence-electron chi connectivity index (χ0n) is 10.4. The van der Waals surface area contributed by atoms with E-state index < -0.39 is 32.4 Å². The van der Waals surface area contributed by atoms with Crippen molar-refractivity contribution in [2.45, 2.75) is 4.90 Å². The van der Waals surface area contributed by atoms with Crippen LogP contribution in [0.15, 0.2) is 29.2 Å². The first-order chi connectivity index (χ1) is 9.26. The lowest BCUT2D eigenvalue weighted by Gasteiger charge is -2.07. The molecule has 1 aromatic carbocycles. The van der Waals surface area contributed by atoms with E-state index in [0.717, 1.165) is 0 Å². The highest BCUT2D eigenvalue weighted by molar-refractivity contribution is 7.90. The molecule has 0 atom stereocenters. The quantitative estimate of drug-likeness (QED) is 0.575. The predicted molar refractivity (Wildman–Crippen MR) is 73.6 cm³/mol. The van der Waals surface area contributed by atoms with Crippen LogP contribution in [0.3, 0.4) is 0 Å². The van der Waals surface area contributed by atoms with Crippen LogP contribution in [0.25, 0.3) is 0 Å². The van der Waals surface area contributed by atoms with Gasteiger partial charge in [0.25, 0.3) is 0 Å². The molecule has 1 aromatic rings. The summed E-state index contributed by atoms with van der Waals surface area (Å²) < 4.78 is 47.7. The molecule has 1 rings (SSSR count). The lowest BCUT2D eigenvalue weighted by atomic mass is 10.2. The minimum Gasteiger partial charge on any atom is -0.384 e. The number of aliphatic hydroxyl groups is 1. The zero-order chi connectivity index (χ0) is 15.2. The Balaban J connectivity index is 2.98. The molecule has 0 radical (unpaired) electrons. The average Bonchev–Trinajstić information content (AvgIpc) is 2.34. The Morgan fingerprint density at radius 3 is 2.45 bits per heavy atom. The Morgan fingerprint density at radius 2 is 1.85 bits per heavy atom. The van der Waals surface area contributed by atoms with Crippen molar-refractivity contribution in [1.29, 1.82) is 0 Å². The Bertz CT molecular complexity index is 730. The van der Waals surface area contributed by atoms with Gasteiger partial charge in [-0.2, -0.15) is 0 Å². The first kappa shape index (κ1) is 16.6. The van der Waals surface area contributed by atoms with Gasteiger partial charge >= 0.3 is 0 Å². The number of hydrogen-bond acceptors (Lipinski definition) is 5. The number of sulfonamides is 2. The van der Waals surface area contributed by atoms with Crippen LogP contribution < -0.4 is 9.86 Å². The Morgan fingerprint density at radius 1 is 1.20 bits per heavy atom. The summed E-state index contributed by atoms with van der Waals surface area (Å²) in [6, 6.07) is 5.93. The zero-order valence-corrected chi connectivity index (χ0v) is 12.0. The van der Waals surface area contributed by atoms with Gasteiger partial charge in [0.1, 0.15) is 6.61 Å². The Hall–Kier alpha value is -1.44. The van der Waals surface area contributed by atoms with Crippen molar-refractivity contribution >= 4 is 20.0 Å². The van der Waals surface area contributed by atoms with Crippen LogP contribution in [-0.2, 0) is 20.0 Å². The predicted octanol–water partition coefficient (Wildman–Crippen LogP) is -1.40. The maximum absolute atomic E-state index is 12.0. The van der Waals surface area contributed by atoms with Crippen molar-refractivity contribution in [3.05, 3.63) is 29.8 Å². The summed E-state index contributed by atoms with van der Waals surface area (Å²) in [6.45, 7) is -0.726. The molecule has 0 aliphatic heterocycles. The highest BCUT2D eigenvalue weighted by atomic mass is 32.2. The standard InChI is InChI=1S/C11H14N2O5S2/c12-19(15,16)9-7-13-20(17,18)11-6-2-1-4-10(11)5-3-8-14/h1-2,4,6,13-14H,7-9H2,(H2,12,15,16). The molecule has 0 fully saturated rings. The topological polar surface area (TPSA) is 127 Å². The summed E-state index contributed by atoms with van der Waals surface area (Å²) in [5, 5.41) is 13.4. The van der Waals surface area contributed by atoms with E-state index in [1.165, 1.54) is 18.2 Å². The second-order valence-corrected chi connectivity index (χ2v) is 7.19. The third kappa shape index (κ3) is 5.28. The molecule has 20 heavy (non-hydrogen) atoms. The molecule has 0 aliphatic rings. The molecule has 0 heterocycles. The van der Waals surface area contributed by atoms with Gasteiger partial charge in [-0.05, 0) is 12.1 Å². The molecule has 0 spiro atoms. The minimum atomic E-state index is -3.90. The first-order valence-corrected chi connectivity index (χ1v) is 8.65. The van der Waals surface area contributed by atoms with Crippen LogP contribution in [0.2, 0.25) is 0 Å². The molecular formula is C11H14N2O5S2. The highest BCUT2D eigenvalue weighted by Gasteiger charge is 2.17. The number of nitrogens with one attached hydrogen (secondary N) is 1. The molecule has 0 saturated carbocycles. The third-order valence-electron chi connectivity index (χ3n) is 2.16. The van der Waals surface area contributed by atoms with E-state index in [4.69, 9.17) is 10.2 Å². The normalized spacial score (nSPS) is 11.7. The van der Waals surface area contributed by atoms with Crippen LogP contribution in [0.1, 0.15) is 5.56 Å². The molecule has 0 unspecified atom stereocenters. The fourth-order valence-corrected chi connectivity index (χ4v) is 3.04. The number of benzene rings is 1. The number of primary sulfonamides is 1. The van der Waals surface area contributed by atoms with E-state index in [9.17, 15) is 16.8 Å². The minimum absolute atomic E-state index is 0.0876. The fraction of sp³-hybridized carbons (Fsp3) is 0.273. The van der Waals surface area contributed by atoms with Crippen molar-refractivity contribution in [3.63, 3.8) is 0 Å². The molecule has 0 amide bonds. The smallest absolute Gasteiger partial charge is 0.241 e. The first-order valence-electron chi connectivity index (χ1n) is 5.45. The summed E-state index contributed by atoms with van der Waals surface area (Å²) in [5.74, 6) is 4.37. The van der Waals surface area contributed by atoms with Gasteiger partial charge in [0.05, 0.1) is 10.6 Å². The van der Waals surface area contributed by atoms with Crippen molar-refractivity contribution in [2.24, 2.45) is 5.14 Å². The third-order valence-corrected chi connectivity index (χ3v) is 4.45. The number of rotatable bonds is 5. The number of aliphatic hydroxyl groups excluding tert-OH is 1. The summed E-state index contributed by atoms with van der Waals surface area (Å²) in [6.07, 6.45) is 0. The van der Waals surface area contributed by atoms with Gasteiger partial charge in [0, 0.05) is 12.1 Å². The lowest BCUT2D eigenvalue weighted by molar-refractivity contribution is 0.350. The van der Waals surface area contributed by atoms with E-state index in [-0.39, 0.29) is 17.0 Å². The molecule has 7 nitrogen and oxygen atoms in total. The molecule has 4 N–H and O–H groups in total. The van der Waals surface area contributed by atoms with Gasteiger partial charge < -0.3 is 5.11 Å². The monoisotopic (exact) mass is 318 g/mol. The van der Waals surface area contributed by atoms with E-state index in [0.29, 0.717) is 0 Å². The van der Waals surface area contributed by atoms with Gasteiger partial charge in [-0.1, -0.05) is 24.0 Å². The van der Waals surface area contributed by atoms with Crippen molar-refractivity contribution in [3.8, 4) is 11.8 Å². The molecule has 9 heteroatoms. The lowest BCUT2D eigenvalue weighted by Crippen LogP contribution is -2.31. The van der Waals surface area contributed by atoms with Crippen LogP contribution in [0.5, 0.6) is 0 Å². The van der Waals surface area contributed by atoms with E-state index >= 15 is 0 Å². The Labute approximate surface area is 117 Å². The maximum atomic E-state index is 12.0. The molecule has 0 aromatic heterocycles. The van der Waals surface area contributed by atoms with Crippen molar-refractivity contribution in [2.75, 3.05) is 18.9 Å². The number of hydrogen-bond donors (Lipinski definition) is 3. The van der Waals surface area contributed by atoms with Gasteiger partial charge in [-0.25, -0.2) is 26.7 Å². The maximum Gasteiger partial charge on any atom is 0.241 e. The van der Waals surface area contributed by atoms with Gasteiger partial charge in [-0.3, -0.25) is 0 Å².